The molecule has 0 aromatic heterocycles. The molecule has 1 atom stereocenters. The van der Waals surface area contributed by atoms with Crippen LogP contribution in [0.25, 0.3) is 0 Å². The summed E-state index contributed by atoms with van der Waals surface area (Å²) in [7, 11) is 0. The van der Waals surface area contributed by atoms with Crippen LogP contribution in [0.15, 0.2) is 24.3 Å². The number of hydrogen-bond donors (Lipinski definition) is 1. The fourth-order valence-corrected chi connectivity index (χ4v) is 2.26. The van der Waals surface area contributed by atoms with Gasteiger partial charge in [-0.05, 0) is 30.9 Å². The van der Waals surface area contributed by atoms with Crippen LogP contribution in [0.2, 0.25) is 0 Å². The van der Waals surface area contributed by atoms with Crippen LogP contribution in [-0.2, 0) is 12.0 Å². The lowest BCUT2D eigenvalue weighted by atomic mass is 9.87. The van der Waals surface area contributed by atoms with E-state index in [9.17, 15) is 35.8 Å². The summed E-state index contributed by atoms with van der Waals surface area (Å²) in [5.41, 5.74) is -1.84. The molecule has 1 rings (SSSR count). The smallest absolute Gasteiger partial charge is 0.385 e. The number of aliphatic hydroxyl groups is 1. The minimum absolute atomic E-state index is 0.152. The molecule has 1 aromatic carbocycles. The Kier molecular flexibility index (Phi) is 5.96. The maximum atomic E-state index is 13.5. The van der Waals surface area contributed by atoms with Gasteiger partial charge in [-0.3, -0.25) is 0 Å². The topological polar surface area (TPSA) is 20.2 Å². The zero-order valence-electron chi connectivity index (χ0n) is 13.2. The van der Waals surface area contributed by atoms with Crippen molar-refractivity contribution >= 4 is 0 Å². The SMILES string of the molecule is CCCCc1ccc(C(C)(O)CC(F)(F)C(F)(F)C(F)(F)F)cc1. The molecule has 0 amide bonds. The lowest BCUT2D eigenvalue weighted by molar-refractivity contribution is -0.361. The summed E-state index contributed by atoms with van der Waals surface area (Å²) in [6.07, 6.45) is -5.94. The second-order valence-electron chi connectivity index (χ2n) is 6.03. The van der Waals surface area contributed by atoms with E-state index < -0.39 is 30.0 Å². The van der Waals surface area contributed by atoms with Gasteiger partial charge in [-0.15, -0.1) is 0 Å². The zero-order valence-corrected chi connectivity index (χ0v) is 13.2. The van der Waals surface area contributed by atoms with Crippen molar-refractivity contribution < 1.29 is 35.8 Å². The molecule has 24 heavy (non-hydrogen) atoms. The van der Waals surface area contributed by atoms with Crippen molar-refractivity contribution in [3.63, 3.8) is 0 Å². The molecule has 1 aromatic rings. The van der Waals surface area contributed by atoms with Crippen molar-refractivity contribution in [3.8, 4) is 0 Å². The van der Waals surface area contributed by atoms with Crippen molar-refractivity contribution in [1.82, 2.24) is 0 Å². The summed E-state index contributed by atoms with van der Waals surface area (Å²) >= 11 is 0. The van der Waals surface area contributed by atoms with E-state index in [0.717, 1.165) is 25.3 Å². The average molecular weight is 360 g/mol. The van der Waals surface area contributed by atoms with E-state index in [2.05, 4.69) is 0 Å². The largest absolute Gasteiger partial charge is 0.459 e. The molecule has 138 valence electrons. The summed E-state index contributed by atoms with van der Waals surface area (Å²) in [6, 6.07) is 5.57. The van der Waals surface area contributed by atoms with Crippen molar-refractivity contribution in [1.29, 1.82) is 0 Å². The molecule has 0 aliphatic heterocycles. The van der Waals surface area contributed by atoms with E-state index in [-0.39, 0.29) is 5.56 Å². The van der Waals surface area contributed by atoms with Crippen LogP contribution in [0.3, 0.4) is 0 Å². The summed E-state index contributed by atoms with van der Waals surface area (Å²) in [6.45, 7) is 2.76. The van der Waals surface area contributed by atoms with Crippen molar-refractivity contribution in [2.75, 3.05) is 0 Å². The third-order valence-corrected chi connectivity index (χ3v) is 3.78. The van der Waals surface area contributed by atoms with Crippen LogP contribution >= 0.6 is 0 Å². The molecule has 0 fully saturated rings. The van der Waals surface area contributed by atoms with Gasteiger partial charge in [0.25, 0.3) is 0 Å². The second-order valence-corrected chi connectivity index (χ2v) is 6.03. The fourth-order valence-electron chi connectivity index (χ4n) is 2.26. The number of benzene rings is 1. The molecule has 1 unspecified atom stereocenters. The first kappa shape index (κ1) is 20.7. The number of rotatable bonds is 7. The quantitative estimate of drug-likeness (QED) is 0.640. The Bertz CT molecular complexity index is 532. The average Bonchev–Trinajstić information content (AvgIpc) is 2.43. The molecule has 1 N–H and O–H groups in total. The predicted molar refractivity (Wildman–Crippen MR) is 75.2 cm³/mol. The molecule has 0 radical (unpaired) electrons. The Balaban J connectivity index is 2.99. The molecular formula is C16H19F7O. The highest BCUT2D eigenvalue weighted by Crippen LogP contribution is 2.50. The molecule has 0 saturated heterocycles. The standard InChI is InChI=1S/C16H19F7O/c1-3-4-5-11-6-8-12(9-7-11)13(2,24)10-14(17,18)15(19,20)16(21,22)23/h6-9,24H,3-5,10H2,1-2H3. The molecule has 1 nitrogen and oxygen atoms in total. The maximum absolute atomic E-state index is 13.5. The Morgan fingerprint density at radius 2 is 1.42 bits per heavy atom. The summed E-state index contributed by atoms with van der Waals surface area (Å²) in [4.78, 5) is 0. The van der Waals surface area contributed by atoms with Gasteiger partial charge in [0.2, 0.25) is 0 Å². The lowest BCUT2D eigenvalue weighted by Crippen LogP contribution is -2.54. The Morgan fingerprint density at radius 1 is 0.917 bits per heavy atom. The molecule has 0 spiro atoms. The van der Waals surface area contributed by atoms with Gasteiger partial charge in [0.15, 0.2) is 0 Å². The maximum Gasteiger partial charge on any atom is 0.459 e. The number of alkyl halides is 7. The van der Waals surface area contributed by atoms with Gasteiger partial charge in [-0.1, -0.05) is 37.6 Å². The first-order valence-corrected chi connectivity index (χ1v) is 7.39. The third kappa shape index (κ3) is 4.40. The zero-order chi connectivity index (χ0) is 18.8. The van der Waals surface area contributed by atoms with Gasteiger partial charge < -0.3 is 5.11 Å². The molecule has 0 bridgehead atoms. The van der Waals surface area contributed by atoms with E-state index in [1.54, 1.807) is 0 Å². The highest BCUT2D eigenvalue weighted by molar-refractivity contribution is 5.27. The Morgan fingerprint density at radius 3 is 1.83 bits per heavy atom. The highest BCUT2D eigenvalue weighted by Gasteiger charge is 2.73. The van der Waals surface area contributed by atoms with E-state index in [4.69, 9.17) is 0 Å². The van der Waals surface area contributed by atoms with Gasteiger partial charge >= 0.3 is 18.0 Å². The van der Waals surface area contributed by atoms with Crippen LogP contribution < -0.4 is 0 Å². The van der Waals surface area contributed by atoms with Crippen LogP contribution in [0, 0.1) is 0 Å². The van der Waals surface area contributed by atoms with Crippen LogP contribution in [0.1, 0.15) is 44.2 Å². The lowest BCUT2D eigenvalue weighted by Gasteiger charge is -2.34. The van der Waals surface area contributed by atoms with E-state index in [0.29, 0.717) is 6.42 Å². The first-order valence-electron chi connectivity index (χ1n) is 7.39. The number of aryl methyl sites for hydroxylation is 1. The molecule has 0 saturated carbocycles. The molecule has 0 aliphatic rings. The molecule has 0 aliphatic carbocycles. The Labute approximate surface area is 135 Å². The van der Waals surface area contributed by atoms with Crippen molar-refractivity contribution in [2.45, 2.75) is 63.2 Å². The third-order valence-electron chi connectivity index (χ3n) is 3.78. The van der Waals surface area contributed by atoms with Gasteiger partial charge in [-0.25, -0.2) is 0 Å². The van der Waals surface area contributed by atoms with Crippen LogP contribution in [-0.4, -0.2) is 23.1 Å². The molecule has 8 heteroatoms. The number of halogens is 7. The predicted octanol–water partition coefficient (Wildman–Crippen LogP) is 5.46. The first-order chi connectivity index (χ1) is 10.7. The number of unbranched alkanes of at least 4 members (excludes halogenated alkanes) is 1. The molecule has 0 heterocycles. The van der Waals surface area contributed by atoms with E-state index >= 15 is 0 Å². The number of hydrogen-bond acceptors (Lipinski definition) is 1. The van der Waals surface area contributed by atoms with Gasteiger partial charge in [0.05, 0.1) is 12.0 Å². The van der Waals surface area contributed by atoms with Crippen LogP contribution in [0.4, 0.5) is 30.7 Å². The normalized spacial score (nSPS) is 16.1. The minimum Gasteiger partial charge on any atom is -0.385 e. The molecular weight excluding hydrogens is 341 g/mol. The van der Waals surface area contributed by atoms with E-state index in [1.807, 2.05) is 6.92 Å². The minimum atomic E-state index is -6.41. The van der Waals surface area contributed by atoms with Crippen molar-refractivity contribution in [3.05, 3.63) is 35.4 Å². The Hall–Kier alpha value is -1.31. The summed E-state index contributed by atoms with van der Waals surface area (Å²) < 4.78 is 89.4. The van der Waals surface area contributed by atoms with Crippen molar-refractivity contribution in [2.24, 2.45) is 0 Å². The van der Waals surface area contributed by atoms with E-state index in [1.165, 1.54) is 24.3 Å². The van der Waals surface area contributed by atoms with Gasteiger partial charge in [0.1, 0.15) is 0 Å². The second kappa shape index (κ2) is 6.90. The fraction of sp³-hybridized carbons (Fsp3) is 0.625. The highest BCUT2D eigenvalue weighted by atomic mass is 19.4. The van der Waals surface area contributed by atoms with Gasteiger partial charge in [-0.2, -0.15) is 30.7 Å². The van der Waals surface area contributed by atoms with Gasteiger partial charge in [0, 0.05) is 0 Å². The van der Waals surface area contributed by atoms with Crippen LogP contribution in [0.5, 0.6) is 0 Å². The summed E-state index contributed by atoms with van der Waals surface area (Å²) in [5, 5.41) is 10.0. The monoisotopic (exact) mass is 360 g/mol. The summed E-state index contributed by atoms with van der Waals surface area (Å²) in [5.74, 6) is -11.7.